The summed E-state index contributed by atoms with van der Waals surface area (Å²) in [4.78, 5) is 28.9. The van der Waals surface area contributed by atoms with Gasteiger partial charge in [-0.1, -0.05) is 36.4 Å². The molecule has 0 bridgehead atoms. The molecule has 3 aromatic rings. The second kappa shape index (κ2) is 8.33. The third kappa shape index (κ3) is 4.02. The SMILES string of the molecule is COC(=O)c1c(C)[nH]c(C(=O)CN[C@H](c2ccccc2)c2cccs2)c1C. The summed E-state index contributed by atoms with van der Waals surface area (Å²) in [6, 6.07) is 14.0. The molecule has 6 heteroatoms. The summed E-state index contributed by atoms with van der Waals surface area (Å²) in [5.74, 6) is -0.530. The second-order valence-electron chi connectivity index (χ2n) is 6.28. The van der Waals surface area contributed by atoms with Crippen LogP contribution in [0.15, 0.2) is 47.8 Å². The predicted octanol–water partition coefficient (Wildman–Crippen LogP) is 4.04. The lowest BCUT2D eigenvalue weighted by Crippen LogP contribution is -2.28. The number of hydrogen-bond acceptors (Lipinski definition) is 5. The van der Waals surface area contributed by atoms with Crippen molar-refractivity contribution in [2.24, 2.45) is 0 Å². The van der Waals surface area contributed by atoms with E-state index in [2.05, 4.69) is 16.4 Å². The molecule has 0 aliphatic rings. The summed E-state index contributed by atoms with van der Waals surface area (Å²) in [6.07, 6.45) is 0. The van der Waals surface area contributed by atoms with E-state index < -0.39 is 5.97 Å². The van der Waals surface area contributed by atoms with Crippen LogP contribution in [0.25, 0.3) is 0 Å². The standard InChI is InChI=1S/C21H22N2O3S/c1-13-18(21(25)26-3)14(2)23-19(13)16(24)12-22-20(17-10-7-11-27-17)15-8-5-4-6-9-15/h4-11,20,22-23H,12H2,1-3H3/t20-/m1/s1. The van der Waals surface area contributed by atoms with E-state index in [1.165, 1.54) is 7.11 Å². The first kappa shape index (κ1) is 19.1. The summed E-state index contributed by atoms with van der Waals surface area (Å²) in [5, 5.41) is 5.38. The van der Waals surface area contributed by atoms with Gasteiger partial charge in [0.05, 0.1) is 31.0 Å². The fourth-order valence-corrected chi connectivity index (χ4v) is 4.03. The van der Waals surface area contributed by atoms with Crippen LogP contribution in [-0.4, -0.2) is 30.4 Å². The van der Waals surface area contributed by atoms with E-state index in [4.69, 9.17) is 4.74 Å². The molecule has 0 fully saturated rings. The van der Waals surface area contributed by atoms with Gasteiger partial charge in [0.2, 0.25) is 0 Å². The largest absolute Gasteiger partial charge is 0.465 e. The van der Waals surface area contributed by atoms with E-state index in [0.29, 0.717) is 22.5 Å². The van der Waals surface area contributed by atoms with Gasteiger partial charge in [0, 0.05) is 10.6 Å². The van der Waals surface area contributed by atoms with Crippen LogP contribution >= 0.6 is 11.3 Å². The molecule has 27 heavy (non-hydrogen) atoms. The average Bonchev–Trinajstić information content (AvgIpc) is 3.30. The number of aromatic nitrogens is 1. The van der Waals surface area contributed by atoms with E-state index in [0.717, 1.165) is 10.4 Å². The van der Waals surface area contributed by atoms with Crippen LogP contribution in [0.2, 0.25) is 0 Å². The molecule has 2 heterocycles. The second-order valence-corrected chi connectivity index (χ2v) is 7.26. The Balaban J connectivity index is 1.80. The molecule has 2 aromatic heterocycles. The number of hydrogen-bond donors (Lipinski definition) is 2. The summed E-state index contributed by atoms with van der Waals surface area (Å²) < 4.78 is 4.81. The highest BCUT2D eigenvalue weighted by Crippen LogP contribution is 2.26. The Labute approximate surface area is 162 Å². The van der Waals surface area contributed by atoms with Gasteiger partial charge in [-0.2, -0.15) is 0 Å². The van der Waals surface area contributed by atoms with Crippen LogP contribution in [0.3, 0.4) is 0 Å². The Bertz CT molecular complexity index is 930. The third-order valence-corrected chi connectivity index (χ3v) is 5.47. The van der Waals surface area contributed by atoms with E-state index in [9.17, 15) is 9.59 Å². The predicted molar refractivity (Wildman–Crippen MR) is 107 cm³/mol. The number of thiophene rings is 1. The Morgan fingerprint density at radius 2 is 1.89 bits per heavy atom. The van der Waals surface area contributed by atoms with E-state index >= 15 is 0 Å². The maximum atomic E-state index is 12.8. The molecule has 0 radical (unpaired) electrons. The maximum absolute atomic E-state index is 12.8. The summed E-state index contributed by atoms with van der Waals surface area (Å²) in [6.45, 7) is 3.68. The van der Waals surface area contributed by atoms with Crippen molar-refractivity contribution in [3.05, 3.63) is 80.8 Å². The lowest BCUT2D eigenvalue weighted by atomic mass is 10.0. The van der Waals surface area contributed by atoms with Crippen LogP contribution in [-0.2, 0) is 4.74 Å². The van der Waals surface area contributed by atoms with Crippen molar-refractivity contribution >= 4 is 23.1 Å². The van der Waals surface area contributed by atoms with Crippen molar-refractivity contribution in [2.75, 3.05) is 13.7 Å². The minimum absolute atomic E-state index is 0.0633. The van der Waals surface area contributed by atoms with Gasteiger partial charge < -0.3 is 9.72 Å². The number of aryl methyl sites for hydroxylation is 1. The molecule has 0 spiro atoms. The first-order valence-electron chi connectivity index (χ1n) is 8.65. The molecule has 0 aliphatic carbocycles. The lowest BCUT2D eigenvalue weighted by molar-refractivity contribution is 0.0599. The topological polar surface area (TPSA) is 71.2 Å². The number of rotatable bonds is 7. The fourth-order valence-electron chi connectivity index (χ4n) is 3.20. The molecule has 0 saturated heterocycles. The number of ketones is 1. The van der Waals surface area contributed by atoms with Gasteiger partial charge in [0.25, 0.3) is 0 Å². The van der Waals surface area contributed by atoms with Gasteiger partial charge in [-0.3, -0.25) is 10.1 Å². The average molecular weight is 382 g/mol. The zero-order valence-electron chi connectivity index (χ0n) is 15.5. The van der Waals surface area contributed by atoms with Gasteiger partial charge in [-0.25, -0.2) is 4.79 Å². The first-order valence-corrected chi connectivity index (χ1v) is 9.53. The molecule has 0 saturated carbocycles. The molecular formula is C21H22N2O3S. The highest BCUT2D eigenvalue weighted by molar-refractivity contribution is 7.10. The molecule has 1 aromatic carbocycles. The maximum Gasteiger partial charge on any atom is 0.339 e. The number of Topliss-reactive ketones (excluding diaryl/α,β-unsaturated/α-hetero) is 1. The van der Waals surface area contributed by atoms with Gasteiger partial charge in [-0.05, 0) is 36.4 Å². The van der Waals surface area contributed by atoms with Crippen LogP contribution in [0.1, 0.15) is 48.6 Å². The molecule has 140 valence electrons. The van der Waals surface area contributed by atoms with Crippen molar-refractivity contribution in [1.82, 2.24) is 10.3 Å². The number of benzene rings is 1. The number of carbonyl (C=O) groups is 2. The zero-order chi connectivity index (χ0) is 19.4. The van der Waals surface area contributed by atoms with Crippen LogP contribution in [0.5, 0.6) is 0 Å². The third-order valence-electron chi connectivity index (χ3n) is 4.53. The van der Waals surface area contributed by atoms with Crippen molar-refractivity contribution in [3.63, 3.8) is 0 Å². The monoisotopic (exact) mass is 382 g/mol. The molecular weight excluding hydrogens is 360 g/mol. The van der Waals surface area contributed by atoms with Crippen LogP contribution in [0.4, 0.5) is 0 Å². The van der Waals surface area contributed by atoms with Crippen molar-refractivity contribution in [3.8, 4) is 0 Å². The number of H-pyrrole nitrogens is 1. The summed E-state index contributed by atoms with van der Waals surface area (Å²) in [7, 11) is 1.34. The Hall–Kier alpha value is -2.70. The number of esters is 1. The summed E-state index contributed by atoms with van der Waals surface area (Å²) >= 11 is 1.65. The highest BCUT2D eigenvalue weighted by Gasteiger charge is 2.23. The minimum Gasteiger partial charge on any atom is -0.465 e. The number of methoxy groups -OCH3 is 1. The van der Waals surface area contributed by atoms with Gasteiger partial charge >= 0.3 is 5.97 Å². The molecule has 0 amide bonds. The molecule has 0 aliphatic heterocycles. The van der Waals surface area contributed by atoms with E-state index in [1.807, 2.05) is 41.8 Å². The smallest absolute Gasteiger partial charge is 0.339 e. The molecule has 5 nitrogen and oxygen atoms in total. The Morgan fingerprint density at radius 1 is 1.15 bits per heavy atom. The Morgan fingerprint density at radius 3 is 2.52 bits per heavy atom. The lowest BCUT2D eigenvalue weighted by Gasteiger charge is -2.17. The molecule has 0 unspecified atom stereocenters. The molecule has 3 rings (SSSR count). The number of nitrogens with one attached hydrogen (secondary N) is 2. The van der Waals surface area contributed by atoms with E-state index in [1.54, 1.807) is 25.2 Å². The van der Waals surface area contributed by atoms with Crippen LogP contribution < -0.4 is 5.32 Å². The van der Waals surface area contributed by atoms with Gasteiger partial charge in [-0.15, -0.1) is 11.3 Å². The summed E-state index contributed by atoms with van der Waals surface area (Å²) in [5.41, 5.74) is 3.23. The highest BCUT2D eigenvalue weighted by atomic mass is 32.1. The van der Waals surface area contributed by atoms with Crippen molar-refractivity contribution in [2.45, 2.75) is 19.9 Å². The minimum atomic E-state index is -0.436. The first-order chi connectivity index (χ1) is 13.0. The van der Waals surface area contributed by atoms with Gasteiger partial charge in [0.1, 0.15) is 0 Å². The normalized spacial score (nSPS) is 12.0. The zero-order valence-corrected chi connectivity index (χ0v) is 16.4. The molecule has 2 N–H and O–H groups in total. The van der Waals surface area contributed by atoms with E-state index in [-0.39, 0.29) is 18.4 Å². The van der Waals surface area contributed by atoms with Crippen molar-refractivity contribution < 1.29 is 14.3 Å². The number of ether oxygens (including phenoxy) is 1. The quantitative estimate of drug-likeness (QED) is 0.478. The van der Waals surface area contributed by atoms with Crippen molar-refractivity contribution in [1.29, 1.82) is 0 Å². The molecule has 1 atom stereocenters. The number of aromatic amines is 1. The van der Waals surface area contributed by atoms with Crippen LogP contribution in [0, 0.1) is 13.8 Å². The van der Waals surface area contributed by atoms with Gasteiger partial charge in [0.15, 0.2) is 5.78 Å². The fraction of sp³-hybridized carbons (Fsp3) is 0.238. The number of carbonyl (C=O) groups excluding carboxylic acids is 2. The Kier molecular flexibility index (Phi) is 5.88.